The van der Waals surface area contributed by atoms with Crippen LogP contribution in [-0.4, -0.2) is 61.1 Å². The molecule has 0 spiro atoms. The molecule has 1 aliphatic heterocycles. The Balaban J connectivity index is 1.84. The minimum absolute atomic E-state index is 0.532. The zero-order valence-electron chi connectivity index (χ0n) is 11.4. The molecule has 0 radical (unpaired) electrons. The van der Waals surface area contributed by atoms with Crippen LogP contribution in [0.4, 0.5) is 0 Å². The van der Waals surface area contributed by atoms with Gasteiger partial charge in [0.2, 0.25) is 0 Å². The summed E-state index contributed by atoms with van der Waals surface area (Å²) in [6.45, 7) is 8.83. The van der Waals surface area contributed by atoms with Gasteiger partial charge in [0.15, 0.2) is 0 Å². The van der Waals surface area contributed by atoms with Crippen LogP contribution in [-0.2, 0) is 6.42 Å². The van der Waals surface area contributed by atoms with Gasteiger partial charge in [0.05, 0.1) is 10.7 Å². The lowest BCUT2D eigenvalue weighted by Crippen LogP contribution is -2.45. The molecule has 18 heavy (non-hydrogen) atoms. The average molecular weight is 268 g/mol. The summed E-state index contributed by atoms with van der Waals surface area (Å²) >= 11 is 1.78. The minimum Gasteiger partial charge on any atom is -0.330 e. The second kappa shape index (κ2) is 6.61. The summed E-state index contributed by atoms with van der Waals surface area (Å²) in [7, 11) is 2.20. The number of nitrogens with zero attached hydrogens (tertiary/aromatic N) is 3. The first-order valence-electron chi connectivity index (χ1n) is 6.74. The number of nitrogens with two attached hydrogens (primary N) is 1. The Bertz CT molecular complexity index is 358. The molecule has 102 valence electrons. The van der Waals surface area contributed by atoms with Crippen molar-refractivity contribution >= 4 is 11.3 Å². The third-order valence-corrected chi connectivity index (χ3v) is 4.64. The molecule has 2 N–H and O–H groups in total. The largest absolute Gasteiger partial charge is 0.330 e. The molecule has 0 bridgehead atoms. The van der Waals surface area contributed by atoms with Gasteiger partial charge in [0.1, 0.15) is 0 Å². The maximum absolute atomic E-state index is 5.56. The van der Waals surface area contributed by atoms with E-state index in [0.29, 0.717) is 12.5 Å². The molecule has 1 aromatic rings. The highest BCUT2D eigenvalue weighted by atomic mass is 32.1. The molecule has 4 nitrogen and oxygen atoms in total. The van der Waals surface area contributed by atoms with E-state index in [0.717, 1.165) is 18.7 Å². The summed E-state index contributed by atoms with van der Waals surface area (Å²) in [6.07, 6.45) is 0.901. The van der Waals surface area contributed by atoms with Crippen molar-refractivity contribution in [3.8, 4) is 0 Å². The van der Waals surface area contributed by atoms with Crippen LogP contribution in [0.25, 0.3) is 0 Å². The Morgan fingerprint density at radius 2 is 2.11 bits per heavy atom. The second-order valence-electron chi connectivity index (χ2n) is 5.22. The number of rotatable bonds is 5. The number of hydrogen-bond acceptors (Lipinski definition) is 5. The first-order chi connectivity index (χ1) is 8.69. The smallest absolute Gasteiger partial charge is 0.0969 e. The minimum atomic E-state index is 0.532. The Morgan fingerprint density at radius 3 is 2.78 bits per heavy atom. The highest BCUT2D eigenvalue weighted by Crippen LogP contribution is 2.21. The van der Waals surface area contributed by atoms with Gasteiger partial charge in [-0.1, -0.05) is 6.92 Å². The van der Waals surface area contributed by atoms with Crippen molar-refractivity contribution in [2.75, 3.05) is 46.3 Å². The molecule has 1 unspecified atom stereocenters. The highest BCUT2D eigenvalue weighted by Gasteiger charge is 2.18. The Morgan fingerprint density at radius 1 is 1.39 bits per heavy atom. The van der Waals surface area contributed by atoms with E-state index in [2.05, 4.69) is 34.1 Å². The van der Waals surface area contributed by atoms with E-state index in [1.807, 2.05) is 0 Å². The molecule has 0 aliphatic carbocycles. The first kappa shape index (κ1) is 13.9. The fraction of sp³-hybridized carbons (Fsp3) is 0.769. The third kappa shape index (κ3) is 3.75. The maximum atomic E-state index is 5.56. The van der Waals surface area contributed by atoms with Crippen molar-refractivity contribution in [2.24, 2.45) is 5.73 Å². The molecule has 0 amide bonds. The second-order valence-corrected chi connectivity index (χ2v) is 6.11. The molecule has 1 aliphatic rings. The topological polar surface area (TPSA) is 45.4 Å². The summed E-state index contributed by atoms with van der Waals surface area (Å²) in [5.74, 6) is 0.532. The van der Waals surface area contributed by atoms with Gasteiger partial charge >= 0.3 is 0 Å². The fourth-order valence-corrected chi connectivity index (χ4v) is 3.21. The summed E-state index contributed by atoms with van der Waals surface area (Å²) in [4.78, 5) is 9.62. The number of hydrogen-bond donors (Lipinski definition) is 1. The first-order valence-corrected chi connectivity index (χ1v) is 7.62. The third-order valence-electron chi connectivity index (χ3n) is 3.52. The van der Waals surface area contributed by atoms with Crippen molar-refractivity contribution in [3.05, 3.63) is 16.1 Å². The molecule has 0 aromatic carbocycles. The van der Waals surface area contributed by atoms with Gasteiger partial charge in [-0.15, -0.1) is 11.3 Å². The van der Waals surface area contributed by atoms with Gasteiger partial charge in [0.25, 0.3) is 0 Å². The molecule has 5 heteroatoms. The molecule has 1 fully saturated rings. The quantitative estimate of drug-likeness (QED) is 0.865. The van der Waals surface area contributed by atoms with Crippen LogP contribution >= 0.6 is 11.3 Å². The van der Waals surface area contributed by atoms with Gasteiger partial charge in [-0.05, 0) is 13.6 Å². The Kier molecular flexibility index (Phi) is 5.12. The summed E-state index contributed by atoms with van der Waals surface area (Å²) < 4.78 is 0. The molecular formula is C13H24N4S. The lowest BCUT2D eigenvalue weighted by atomic mass is 10.1. The predicted octanol–water partition coefficient (Wildman–Crippen LogP) is 0.995. The van der Waals surface area contributed by atoms with Crippen LogP contribution in [0.3, 0.4) is 0 Å². The molecule has 1 saturated heterocycles. The standard InChI is InChI=1S/C13H24N4S/c1-11(9-17-7-5-16(2)6-8-17)13-15-12(3-4-14)10-18-13/h10-11H,3-9,14H2,1-2H3. The Labute approximate surface area is 114 Å². The zero-order valence-corrected chi connectivity index (χ0v) is 12.2. The van der Waals surface area contributed by atoms with E-state index >= 15 is 0 Å². The molecule has 0 saturated carbocycles. The van der Waals surface area contributed by atoms with Gasteiger partial charge in [-0.2, -0.15) is 0 Å². The fourth-order valence-electron chi connectivity index (χ4n) is 2.31. The molecule has 2 heterocycles. The van der Waals surface area contributed by atoms with Crippen LogP contribution in [0.15, 0.2) is 5.38 Å². The van der Waals surface area contributed by atoms with Crippen LogP contribution in [0.5, 0.6) is 0 Å². The average Bonchev–Trinajstić information content (AvgIpc) is 2.81. The zero-order chi connectivity index (χ0) is 13.0. The van der Waals surface area contributed by atoms with Crippen molar-refractivity contribution in [1.82, 2.24) is 14.8 Å². The molecular weight excluding hydrogens is 244 g/mol. The van der Waals surface area contributed by atoms with Crippen molar-refractivity contribution < 1.29 is 0 Å². The van der Waals surface area contributed by atoms with Crippen LogP contribution in [0.1, 0.15) is 23.5 Å². The van der Waals surface area contributed by atoms with Crippen molar-refractivity contribution in [3.63, 3.8) is 0 Å². The van der Waals surface area contributed by atoms with Gasteiger partial charge in [-0.3, -0.25) is 0 Å². The van der Waals surface area contributed by atoms with Crippen LogP contribution < -0.4 is 5.73 Å². The van der Waals surface area contributed by atoms with Gasteiger partial charge in [0, 0.05) is 50.4 Å². The van der Waals surface area contributed by atoms with Crippen molar-refractivity contribution in [2.45, 2.75) is 19.3 Å². The molecule has 1 aromatic heterocycles. The van der Waals surface area contributed by atoms with E-state index in [4.69, 9.17) is 5.73 Å². The Hall–Kier alpha value is -0.490. The number of piperazine rings is 1. The van der Waals surface area contributed by atoms with E-state index < -0.39 is 0 Å². The summed E-state index contributed by atoms with van der Waals surface area (Å²) in [6, 6.07) is 0. The number of thiazole rings is 1. The SMILES string of the molecule is CC(CN1CCN(C)CC1)c1nc(CCN)cs1. The van der Waals surface area contributed by atoms with Gasteiger partial charge < -0.3 is 15.5 Å². The summed E-state index contributed by atoms with van der Waals surface area (Å²) in [5, 5.41) is 3.42. The molecule has 1 atom stereocenters. The van der Waals surface area contributed by atoms with Crippen LogP contribution in [0, 0.1) is 0 Å². The van der Waals surface area contributed by atoms with E-state index in [1.54, 1.807) is 11.3 Å². The normalized spacial score (nSPS) is 20.2. The van der Waals surface area contributed by atoms with Crippen LogP contribution in [0.2, 0.25) is 0 Å². The number of likely N-dealkylation sites (N-methyl/N-ethyl adjacent to an activating group) is 1. The highest BCUT2D eigenvalue weighted by molar-refractivity contribution is 7.09. The number of aromatic nitrogens is 1. The van der Waals surface area contributed by atoms with E-state index in [1.165, 1.54) is 31.2 Å². The predicted molar refractivity (Wildman–Crippen MR) is 77.2 cm³/mol. The van der Waals surface area contributed by atoms with Gasteiger partial charge in [-0.25, -0.2) is 4.98 Å². The van der Waals surface area contributed by atoms with Crippen molar-refractivity contribution in [1.29, 1.82) is 0 Å². The lowest BCUT2D eigenvalue weighted by molar-refractivity contribution is 0.149. The maximum Gasteiger partial charge on any atom is 0.0969 e. The molecule has 2 rings (SSSR count). The lowest BCUT2D eigenvalue weighted by Gasteiger charge is -2.33. The van der Waals surface area contributed by atoms with E-state index in [9.17, 15) is 0 Å². The summed E-state index contributed by atoms with van der Waals surface area (Å²) in [5.41, 5.74) is 6.72. The van der Waals surface area contributed by atoms with E-state index in [-0.39, 0.29) is 0 Å². The monoisotopic (exact) mass is 268 g/mol.